The van der Waals surface area contributed by atoms with E-state index < -0.39 is 10.0 Å². The van der Waals surface area contributed by atoms with Crippen molar-refractivity contribution in [2.75, 3.05) is 38.3 Å². The van der Waals surface area contributed by atoms with Crippen molar-refractivity contribution in [1.29, 1.82) is 0 Å². The summed E-state index contributed by atoms with van der Waals surface area (Å²) in [5.41, 5.74) is 6.78. The van der Waals surface area contributed by atoms with Gasteiger partial charge >= 0.3 is 0 Å². The molecular formula is C13H23N3O3S. The van der Waals surface area contributed by atoms with E-state index in [0.29, 0.717) is 18.8 Å². The first kappa shape index (κ1) is 16.7. The van der Waals surface area contributed by atoms with Crippen LogP contribution in [-0.4, -0.2) is 46.1 Å². The molecule has 0 aliphatic rings. The monoisotopic (exact) mass is 301 g/mol. The molecule has 6 nitrogen and oxygen atoms in total. The lowest BCUT2D eigenvalue weighted by atomic mass is 10.2. The highest BCUT2D eigenvalue weighted by Gasteiger charge is 2.21. The lowest BCUT2D eigenvalue weighted by Gasteiger charge is -2.18. The maximum atomic E-state index is 12.1. The van der Waals surface area contributed by atoms with Crippen LogP contribution in [0.4, 0.5) is 11.4 Å². The van der Waals surface area contributed by atoms with Crippen LogP contribution in [0.1, 0.15) is 13.8 Å². The summed E-state index contributed by atoms with van der Waals surface area (Å²) in [6, 6.07) is 4.92. The lowest BCUT2D eigenvalue weighted by molar-refractivity contribution is 0.0855. The molecule has 0 bridgehead atoms. The van der Waals surface area contributed by atoms with E-state index in [1.165, 1.54) is 20.2 Å². The van der Waals surface area contributed by atoms with Crippen LogP contribution in [0.3, 0.4) is 0 Å². The van der Waals surface area contributed by atoms with Gasteiger partial charge in [0.05, 0.1) is 17.5 Å². The number of rotatable bonds is 7. The van der Waals surface area contributed by atoms with Crippen molar-refractivity contribution in [2.45, 2.75) is 24.8 Å². The number of nitrogens with two attached hydrogens (primary N) is 1. The Bertz CT molecular complexity index is 544. The number of nitrogen functional groups attached to an aromatic ring is 1. The second kappa shape index (κ2) is 6.92. The van der Waals surface area contributed by atoms with Crippen LogP contribution < -0.4 is 11.1 Å². The average Bonchev–Trinajstić information content (AvgIpc) is 2.37. The van der Waals surface area contributed by atoms with Gasteiger partial charge in [-0.15, -0.1) is 0 Å². The molecule has 0 saturated carbocycles. The highest BCUT2D eigenvalue weighted by molar-refractivity contribution is 7.89. The van der Waals surface area contributed by atoms with Crippen LogP contribution in [0, 0.1) is 0 Å². The molecular weight excluding hydrogens is 278 g/mol. The molecule has 0 heterocycles. The van der Waals surface area contributed by atoms with Gasteiger partial charge in [-0.25, -0.2) is 12.7 Å². The van der Waals surface area contributed by atoms with E-state index in [-0.39, 0.29) is 16.7 Å². The topological polar surface area (TPSA) is 84.7 Å². The van der Waals surface area contributed by atoms with Crippen molar-refractivity contribution in [1.82, 2.24) is 4.31 Å². The maximum Gasteiger partial charge on any atom is 0.244 e. The Morgan fingerprint density at radius 3 is 2.60 bits per heavy atom. The summed E-state index contributed by atoms with van der Waals surface area (Å²) in [5.74, 6) is 0. The normalized spacial score (nSPS) is 13.4. The van der Waals surface area contributed by atoms with Gasteiger partial charge in [-0.3, -0.25) is 0 Å². The number of anilines is 2. The first-order chi connectivity index (χ1) is 9.30. The van der Waals surface area contributed by atoms with Crippen LogP contribution in [0.15, 0.2) is 23.1 Å². The minimum absolute atomic E-state index is 0.0218. The minimum Gasteiger partial charge on any atom is -0.396 e. The van der Waals surface area contributed by atoms with Crippen molar-refractivity contribution >= 4 is 21.4 Å². The first-order valence-electron chi connectivity index (χ1n) is 6.47. The molecule has 0 fully saturated rings. The summed E-state index contributed by atoms with van der Waals surface area (Å²) in [4.78, 5) is 0.108. The number of benzene rings is 1. The molecule has 20 heavy (non-hydrogen) atoms. The molecule has 0 aliphatic heterocycles. The summed E-state index contributed by atoms with van der Waals surface area (Å²) in [7, 11) is -0.585. The fraction of sp³-hybridized carbons (Fsp3) is 0.538. The van der Waals surface area contributed by atoms with Gasteiger partial charge in [-0.2, -0.15) is 0 Å². The predicted octanol–water partition coefficient (Wildman–Crippen LogP) is 1.36. The third kappa shape index (κ3) is 3.84. The molecule has 114 valence electrons. The van der Waals surface area contributed by atoms with Gasteiger partial charge < -0.3 is 15.8 Å². The molecule has 1 unspecified atom stereocenters. The highest BCUT2D eigenvalue weighted by Crippen LogP contribution is 2.28. The van der Waals surface area contributed by atoms with Crippen molar-refractivity contribution in [3.05, 3.63) is 18.2 Å². The molecule has 3 N–H and O–H groups in total. The molecule has 0 radical (unpaired) electrons. The molecule has 0 aliphatic carbocycles. The van der Waals surface area contributed by atoms with E-state index in [9.17, 15) is 8.42 Å². The summed E-state index contributed by atoms with van der Waals surface area (Å²) in [5, 5.41) is 3.12. The van der Waals surface area contributed by atoms with Gasteiger partial charge in [-0.1, -0.05) is 6.07 Å². The van der Waals surface area contributed by atoms with Crippen molar-refractivity contribution in [3.63, 3.8) is 0 Å². The molecule has 1 aromatic carbocycles. The van der Waals surface area contributed by atoms with Gasteiger partial charge in [0.25, 0.3) is 0 Å². The zero-order valence-corrected chi connectivity index (χ0v) is 13.2. The molecule has 0 saturated heterocycles. The molecule has 1 atom stereocenters. The number of nitrogens with zero attached hydrogens (tertiary/aromatic N) is 1. The Hall–Kier alpha value is -1.31. The summed E-state index contributed by atoms with van der Waals surface area (Å²) in [6.07, 6.45) is 0.0218. The molecule has 1 rings (SSSR count). The second-order valence-electron chi connectivity index (χ2n) is 4.65. The fourth-order valence-electron chi connectivity index (χ4n) is 1.72. The van der Waals surface area contributed by atoms with E-state index in [1.807, 2.05) is 13.8 Å². The van der Waals surface area contributed by atoms with Gasteiger partial charge in [0.2, 0.25) is 10.0 Å². The molecule has 1 aromatic rings. The molecule has 0 spiro atoms. The molecule has 7 heteroatoms. The minimum atomic E-state index is -3.54. The van der Waals surface area contributed by atoms with Crippen LogP contribution in [-0.2, 0) is 14.8 Å². The predicted molar refractivity (Wildman–Crippen MR) is 81.3 cm³/mol. The maximum absolute atomic E-state index is 12.1. The first-order valence-corrected chi connectivity index (χ1v) is 7.91. The second-order valence-corrected chi connectivity index (χ2v) is 6.77. The average molecular weight is 301 g/mol. The third-order valence-electron chi connectivity index (χ3n) is 2.86. The van der Waals surface area contributed by atoms with E-state index in [2.05, 4.69) is 5.32 Å². The van der Waals surface area contributed by atoms with E-state index in [0.717, 1.165) is 4.31 Å². The lowest BCUT2D eigenvalue weighted by Crippen LogP contribution is -2.24. The Labute approximate surface area is 121 Å². The Morgan fingerprint density at radius 1 is 1.40 bits per heavy atom. The van der Waals surface area contributed by atoms with Crippen LogP contribution in [0.2, 0.25) is 0 Å². The number of para-hydroxylation sites is 1. The standard InChI is InChI=1S/C13H23N3O3S/c1-5-19-10(2)9-15-11-7-6-8-12(13(11)14)20(17,18)16(3)4/h6-8,10,15H,5,9,14H2,1-4H3. The summed E-state index contributed by atoms with van der Waals surface area (Å²) in [6.45, 7) is 5.05. The van der Waals surface area contributed by atoms with Gasteiger partial charge in [0, 0.05) is 27.2 Å². The van der Waals surface area contributed by atoms with Crippen molar-refractivity contribution < 1.29 is 13.2 Å². The van der Waals surface area contributed by atoms with Crippen LogP contribution >= 0.6 is 0 Å². The summed E-state index contributed by atoms with van der Waals surface area (Å²) < 4.78 is 30.8. The summed E-state index contributed by atoms with van der Waals surface area (Å²) >= 11 is 0. The van der Waals surface area contributed by atoms with Crippen LogP contribution in [0.25, 0.3) is 0 Å². The van der Waals surface area contributed by atoms with Crippen molar-refractivity contribution in [2.24, 2.45) is 0 Å². The number of sulfonamides is 1. The van der Waals surface area contributed by atoms with Crippen LogP contribution in [0.5, 0.6) is 0 Å². The van der Waals surface area contributed by atoms with E-state index in [1.54, 1.807) is 12.1 Å². The zero-order valence-electron chi connectivity index (χ0n) is 12.4. The number of hydrogen-bond donors (Lipinski definition) is 2. The largest absolute Gasteiger partial charge is 0.396 e. The smallest absolute Gasteiger partial charge is 0.244 e. The van der Waals surface area contributed by atoms with E-state index >= 15 is 0 Å². The third-order valence-corrected chi connectivity index (χ3v) is 4.73. The highest BCUT2D eigenvalue weighted by atomic mass is 32.2. The number of ether oxygens (including phenoxy) is 1. The van der Waals surface area contributed by atoms with E-state index in [4.69, 9.17) is 10.5 Å². The van der Waals surface area contributed by atoms with Crippen molar-refractivity contribution in [3.8, 4) is 0 Å². The fourth-order valence-corrected chi connectivity index (χ4v) is 2.75. The molecule has 0 aromatic heterocycles. The molecule has 0 amide bonds. The Morgan fingerprint density at radius 2 is 2.05 bits per heavy atom. The van der Waals surface area contributed by atoms with Gasteiger partial charge in [-0.05, 0) is 26.0 Å². The Kier molecular flexibility index (Phi) is 5.79. The van der Waals surface area contributed by atoms with Gasteiger partial charge in [0.1, 0.15) is 4.90 Å². The number of nitrogens with one attached hydrogen (secondary N) is 1. The quantitative estimate of drug-likeness (QED) is 0.743. The Balaban J connectivity index is 2.97. The number of hydrogen-bond acceptors (Lipinski definition) is 5. The SMILES string of the molecule is CCOC(C)CNc1cccc(S(=O)(=O)N(C)C)c1N. The zero-order chi connectivity index (χ0) is 15.3. The van der Waals surface area contributed by atoms with Gasteiger partial charge in [0.15, 0.2) is 0 Å².